The van der Waals surface area contributed by atoms with Crippen molar-refractivity contribution < 1.29 is 0 Å². The normalized spacial score (nSPS) is 17.9. The maximum atomic E-state index is 3.41. The van der Waals surface area contributed by atoms with Crippen molar-refractivity contribution >= 4 is 0 Å². The van der Waals surface area contributed by atoms with Gasteiger partial charge in [-0.15, -0.1) is 5.92 Å². The first kappa shape index (κ1) is 11.6. The van der Waals surface area contributed by atoms with Gasteiger partial charge in [-0.25, -0.2) is 0 Å². The van der Waals surface area contributed by atoms with Gasteiger partial charge in [0.15, 0.2) is 0 Å². The second kappa shape index (κ2) is 6.86. The van der Waals surface area contributed by atoms with Crippen molar-refractivity contribution in [2.75, 3.05) is 26.2 Å². The lowest BCUT2D eigenvalue weighted by atomic mass is 10.0. The largest absolute Gasteiger partial charge is 0.317 e. The lowest BCUT2D eigenvalue weighted by Crippen LogP contribution is -2.43. The molecule has 1 rings (SSSR count). The lowest BCUT2D eigenvalue weighted by Gasteiger charge is -2.33. The first-order valence-electron chi connectivity index (χ1n) is 5.72. The quantitative estimate of drug-likeness (QED) is 0.682. The van der Waals surface area contributed by atoms with Crippen molar-refractivity contribution in [1.29, 1.82) is 0 Å². The predicted octanol–water partition coefficient (Wildman–Crippen LogP) is 1.47. The van der Waals surface area contributed by atoms with Crippen molar-refractivity contribution in [3.05, 3.63) is 0 Å². The van der Waals surface area contributed by atoms with E-state index < -0.39 is 0 Å². The molecule has 1 heterocycles. The zero-order chi connectivity index (χ0) is 10.2. The van der Waals surface area contributed by atoms with Crippen LogP contribution in [0.4, 0.5) is 0 Å². The number of hydrogen-bond acceptors (Lipinski definition) is 2. The van der Waals surface area contributed by atoms with Crippen LogP contribution in [-0.4, -0.2) is 37.1 Å². The van der Waals surface area contributed by atoms with Gasteiger partial charge in [-0.3, -0.25) is 4.90 Å². The SMILES string of the molecule is CC#CCN(CCC)C1CCNCC1. The van der Waals surface area contributed by atoms with E-state index in [4.69, 9.17) is 0 Å². The average molecular weight is 194 g/mol. The van der Waals surface area contributed by atoms with Crippen molar-refractivity contribution in [1.82, 2.24) is 10.2 Å². The van der Waals surface area contributed by atoms with Gasteiger partial charge in [0.1, 0.15) is 0 Å². The highest BCUT2D eigenvalue weighted by atomic mass is 15.2. The molecule has 0 amide bonds. The Bertz CT molecular complexity index is 196. The van der Waals surface area contributed by atoms with E-state index in [2.05, 4.69) is 29.0 Å². The smallest absolute Gasteiger partial charge is 0.0603 e. The van der Waals surface area contributed by atoms with Gasteiger partial charge < -0.3 is 5.32 Å². The van der Waals surface area contributed by atoms with E-state index >= 15 is 0 Å². The third-order valence-corrected chi connectivity index (χ3v) is 2.79. The van der Waals surface area contributed by atoms with Gasteiger partial charge in [0.2, 0.25) is 0 Å². The summed E-state index contributed by atoms with van der Waals surface area (Å²) in [4.78, 5) is 2.54. The molecule has 0 aromatic heterocycles. The molecule has 0 radical (unpaired) electrons. The molecule has 80 valence electrons. The van der Waals surface area contributed by atoms with Crippen LogP contribution in [0.1, 0.15) is 33.1 Å². The van der Waals surface area contributed by atoms with Crippen LogP contribution in [0.5, 0.6) is 0 Å². The molecule has 0 bridgehead atoms. The molecular weight excluding hydrogens is 172 g/mol. The van der Waals surface area contributed by atoms with Gasteiger partial charge in [-0.05, 0) is 45.8 Å². The molecule has 0 spiro atoms. The molecule has 1 saturated heterocycles. The van der Waals surface area contributed by atoms with Gasteiger partial charge in [-0.2, -0.15) is 0 Å². The van der Waals surface area contributed by atoms with E-state index in [1.54, 1.807) is 0 Å². The van der Waals surface area contributed by atoms with Gasteiger partial charge in [0, 0.05) is 6.04 Å². The van der Waals surface area contributed by atoms with Gasteiger partial charge in [-0.1, -0.05) is 12.8 Å². The Kier molecular flexibility index (Phi) is 5.66. The van der Waals surface area contributed by atoms with Crippen LogP contribution in [-0.2, 0) is 0 Å². The Balaban J connectivity index is 2.40. The molecule has 1 aliphatic rings. The summed E-state index contributed by atoms with van der Waals surface area (Å²) in [5.74, 6) is 6.17. The highest BCUT2D eigenvalue weighted by molar-refractivity contribution is 4.99. The van der Waals surface area contributed by atoms with Crippen LogP contribution in [0.25, 0.3) is 0 Å². The molecular formula is C12H22N2. The van der Waals surface area contributed by atoms with E-state index in [-0.39, 0.29) is 0 Å². The number of nitrogens with one attached hydrogen (secondary N) is 1. The number of hydrogen-bond donors (Lipinski definition) is 1. The second-order valence-corrected chi connectivity index (χ2v) is 3.88. The van der Waals surface area contributed by atoms with Crippen molar-refractivity contribution in [3.63, 3.8) is 0 Å². The fraction of sp³-hybridized carbons (Fsp3) is 0.833. The molecule has 0 aliphatic carbocycles. The summed E-state index contributed by atoms with van der Waals surface area (Å²) in [6.07, 6.45) is 3.80. The van der Waals surface area contributed by atoms with Crippen LogP contribution in [0.3, 0.4) is 0 Å². The Labute approximate surface area is 88.1 Å². The van der Waals surface area contributed by atoms with Crippen LogP contribution in [0, 0.1) is 11.8 Å². The zero-order valence-electron chi connectivity index (χ0n) is 9.47. The summed E-state index contributed by atoms with van der Waals surface area (Å²) in [5.41, 5.74) is 0. The second-order valence-electron chi connectivity index (χ2n) is 3.88. The summed E-state index contributed by atoms with van der Waals surface area (Å²) in [7, 11) is 0. The third kappa shape index (κ3) is 3.69. The molecule has 1 aliphatic heterocycles. The van der Waals surface area contributed by atoms with E-state index in [0.717, 1.165) is 12.6 Å². The summed E-state index contributed by atoms with van der Waals surface area (Å²) in [6, 6.07) is 0.761. The number of rotatable bonds is 4. The monoisotopic (exact) mass is 194 g/mol. The highest BCUT2D eigenvalue weighted by Gasteiger charge is 2.18. The molecule has 1 N–H and O–H groups in total. The van der Waals surface area contributed by atoms with Crippen LogP contribution in [0.15, 0.2) is 0 Å². The Morgan fingerprint density at radius 3 is 2.64 bits per heavy atom. The number of nitrogens with zero attached hydrogens (tertiary/aromatic N) is 1. The minimum atomic E-state index is 0.761. The Morgan fingerprint density at radius 2 is 2.07 bits per heavy atom. The fourth-order valence-corrected chi connectivity index (χ4v) is 2.03. The van der Waals surface area contributed by atoms with E-state index in [9.17, 15) is 0 Å². The van der Waals surface area contributed by atoms with E-state index in [0.29, 0.717) is 0 Å². The molecule has 0 saturated carbocycles. The standard InChI is InChI=1S/C12H22N2/c1-3-5-11-14(10-4-2)12-6-8-13-9-7-12/h12-13H,4,6-11H2,1-2H3. The minimum absolute atomic E-state index is 0.761. The van der Waals surface area contributed by atoms with E-state index in [1.807, 2.05) is 6.92 Å². The van der Waals surface area contributed by atoms with Crippen molar-refractivity contribution in [2.24, 2.45) is 0 Å². The molecule has 0 aromatic carbocycles. The molecule has 0 unspecified atom stereocenters. The topological polar surface area (TPSA) is 15.3 Å². The van der Waals surface area contributed by atoms with Crippen molar-refractivity contribution in [2.45, 2.75) is 39.2 Å². The first-order chi connectivity index (χ1) is 6.88. The lowest BCUT2D eigenvalue weighted by molar-refractivity contribution is 0.182. The molecule has 14 heavy (non-hydrogen) atoms. The summed E-state index contributed by atoms with van der Waals surface area (Å²) >= 11 is 0. The zero-order valence-corrected chi connectivity index (χ0v) is 9.47. The van der Waals surface area contributed by atoms with Gasteiger partial charge in [0.05, 0.1) is 6.54 Å². The first-order valence-corrected chi connectivity index (χ1v) is 5.72. The maximum absolute atomic E-state index is 3.41. The Hall–Kier alpha value is -0.520. The maximum Gasteiger partial charge on any atom is 0.0603 e. The van der Waals surface area contributed by atoms with Crippen LogP contribution in [0.2, 0.25) is 0 Å². The molecule has 2 heteroatoms. The van der Waals surface area contributed by atoms with Gasteiger partial charge >= 0.3 is 0 Å². The molecule has 2 nitrogen and oxygen atoms in total. The molecule has 1 fully saturated rings. The third-order valence-electron chi connectivity index (χ3n) is 2.79. The average Bonchev–Trinajstić information content (AvgIpc) is 2.25. The highest BCUT2D eigenvalue weighted by Crippen LogP contribution is 2.11. The summed E-state index contributed by atoms with van der Waals surface area (Å²) < 4.78 is 0. The number of piperidine rings is 1. The summed E-state index contributed by atoms with van der Waals surface area (Å²) in [6.45, 7) is 8.66. The van der Waals surface area contributed by atoms with E-state index in [1.165, 1.54) is 38.9 Å². The summed E-state index contributed by atoms with van der Waals surface area (Å²) in [5, 5.41) is 3.41. The van der Waals surface area contributed by atoms with Crippen molar-refractivity contribution in [3.8, 4) is 11.8 Å². The predicted molar refractivity (Wildman–Crippen MR) is 61.2 cm³/mol. The Morgan fingerprint density at radius 1 is 1.36 bits per heavy atom. The van der Waals surface area contributed by atoms with Gasteiger partial charge in [0.25, 0.3) is 0 Å². The molecule has 0 aromatic rings. The fourth-order valence-electron chi connectivity index (χ4n) is 2.03. The molecule has 0 atom stereocenters. The minimum Gasteiger partial charge on any atom is -0.317 e. The van der Waals surface area contributed by atoms with Crippen LogP contribution >= 0.6 is 0 Å². The van der Waals surface area contributed by atoms with Crippen LogP contribution < -0.4 is 5.32 Å².